The van der Waals surface area contributed by atoms with Crippen LogP contribution in [0.15, 0.2) is 36.5 Å². The smallest absolute Gasteiger partial charge is 0.274 e. The van der Waals surface area contributed by atoms with Crippen molar-refractivity contribution in [1.29, 1.82) is 0 Å². The Morgan fingerprint density at radius 1 is 1.38 bits per heavy atom. The number of carbonyl (C=O) groups excluding carboxylic acids is 1. The Hall–Kier alpha value is -2.30. The van der Waals surface area contributed by atoms with Crippen molar-refractivity contribution in [1.82, 2.24) is 14.7 Å². The van der Waals surface area contributed by atoms with E-state index in [1.165, 1.54) is 0 Å². The molecule has 1 aromatic heterocycles. The van der Waals surface area contributed by atoms with Gasteiger partial charge in [-0.25, -0.2) is 4.68 Å². The number of hydrogen-bond donors (Lipinski definition) is 1. The molecule has 1 aromatic carbocycles. The maximum atomic E-state index is 12.4. The molecule has 0 fully saturated rings. The molecule has 0 bridgehead atoms. The first kappa shape index (κ1) is 15.1. The molecular formula is C16H22N4O. The van der Waals surface area contributed by atoms with Crippen molar-refractivity contribution in [3.63, 3.8) is 0 Å². The molecule has 0 saturated heterocycles. The second-order valence-corrected chi connectivity index (χ2v) is 5.48. The second kappa shape index (κ2) is 6.43. The number of anilines is 1. The summed E-state index contributed by atoms with van der Waals surface area (Å²) in [6.45, 7) is 7.60. The maximum absolute atomic E-state index is 12.4. The zero-order valence-electron chi connectivity index (χ0n) is 12.8. The van der Waals surface area contributed by atoms with Crippen LogP contribution >= 0.6 is 0 Å². The van der Waals surface area contributed by atoms with Crippen LogP contribution < -0.4 is 5.73 Å². The standard InChI is InChI=1S/C16H22N4O/c1-4-19(11-12(2)3)16(21)15-8-9-20(18-15)14-7-5-6-13(17)10-14/h5-10,12H,4,11,17H2,1-3H3. The highest BCUT2D eigenvalue weighted by Gasteiger charge is 2.18. The largest absolute Gasteiger partial charge is 0.399 e. The molecule has 0 aliphatic rings. The molecule has 0 aliphatic carbocycles. The Bertz CT molecular complexity index is 618. The highest BCUT2D eigenvalue weighted by atomic mass is 16.2. The van der Waals surface area contributed by atoms with Gasteiger partial charge in [-0.2, -0.15) is 5.10 Å². The van der Waals surface area contributed by atoms with Gasteiger partial charge in [-0.15, -0.1) is 0 Å². The zero-order chi connectivity index (χ0) is 15.4. The summed E-state index contributed by atoms with van der Waals surface area (Å²) in [6.07, 6.45) is 1.78. The molecular weight excluding hydrogens is 264 g/mol. The summed E-state index contributed by atoms with van der Waals surface area (Å²) in [5.41, 5.74) is 7.75. The molecule has 0 atom stereocenters. The molecule has 1 amide bonds. The minimum atomic E-state index is -0.0335. The van der Waals surface area contributed by atoms with E-state index in [0.717, 1.165) is 12.2 Å². The van der Waals surface area contributed by atoms with Gasteiger partial charge >= 0.3 is 0 Å². The first-order valence-corrected chi connectivity index (χ1v) is 7.22. The molecule has 1 heterocycles. The molecule has 5 nitrogen and oxygen atoms in total. The van der Waals surface area contributed by atoms with Crippen molar-refractivity contribution in [2.45, 2.75) is 20.8 Å². The van der Waals surface area contributed by atoms with Gasteiger partial charge in [0.15, 0.2) is 5.69 Å². The van der Waals surface area contributed by atoms with Crippen molar-refractivity contribution in [2.75, 3.05) is 18.8 Å². The fourth-order valence-corrected chi connectivity index (χ4v) is 2.21. The lowest BCUT2D eigenvalue weighted by Gasteiger charge is -2.21. The number of rotatable bonds is 5. The fraction of sp³-hybridized carbons (Fsp3) is 0.375. The number of carbonyl (C=O) groups is 1. The lowest BCUT2D eigenvalue weighted by molar-refractivity contribution is 0.0739. The third kappa shape index (κ3) is 3.62. The highest BCUT2D eigenvalue weighted by molar-refractivity contribution is 5.92. The number of benzene rings is 1. The van der Waals surface area contributed by atoms with Crippen molar-refractivity contribution >= 4 is 11.6 Å². The lowest BCUT2D eigenvalue weighted by Crippen LogP contribution is -2.34. The van der Waals surface area contributed by atoms with Crippen LogP contribution in [0.1, 0.15) is 31.3 Å². The number of hydrogen-bond acceptors (Lipinski definition) is 3. The van der Waals surface area contributed by atoms with Gasteiger partial charge in [-0.05, 0) is 37.1 Å². The van der Waals surface area contributed by atoms with E-state index >= 15 is 0 Å². The van der Waals surface area contributed by atoms with Gasteiger partial charge in [-0.1, -0.05) is 19.9 Å². The van der Waals surface area contributed by atoms with Crippen LogP contribution in [0.3, 0.4) is 0 Å². The topological polar surface area (TPSA) is 64.2 Å². The van der Waals surface area contributed by atoms with Crippen molar-refractivity contribution in [2.24, 2.45) is 5.92 Å². The van der Waals surface area contributed by atoms with E-state index in [-0.39, 0.29) is 5.91 Å². The van der Waals surface area contributed by atoms with Gasteiger partial charge in [0.05, 0.1) is 5.69 Å². The van der Waals surface area contributed by atoms with E-state index in [4.69, 9.17) is 5.73 Å². The maximum Gasteiger partial charge on any atom is 0.274 e. The second-order valence-electron chi connectivity index (χ2n) is 5.48. The van der Waals surface area contributed by atoms with Crippen LogP contribution in [0, 0.1) is 5.92 Å². The predicted octanol–water partition coefficient (Wildman–Crippen LogP) is 2.57. The molecule has 0 aliphatic heterocycles. The van der Waals surface area contributed by atoms with Crippen LogP contribution in [0.4, 0.5) is 5.69 Å². The molecule has 2 N–H and O–H groups in total. The van der Waals surface area contributed by atoms with E-state index in [1.54, 1.807) is 16.9 Å². The summed E-state index contributed by atoms with van der Waals surface area (Å²) in [6, 6.07) is 9.16. The number of nitrogens with two attached hydrogens (primary N) is 1. The minimum absolute atomic E-state index is 0.0335. The van der Waals surface area contributed by atoms with Crippen molar-refractivity contribution in [3.8, 4) is 5.69 Å². The van der Waals surface area contributed by atoms with Crippen LogP contribution in [-0.2, 0) is 0 Å². The van der Waals surface area contributed by atoms with Crippen molar-refractivity contribution < 1.29 is 4.79 Å². The highest BCUT2D eigenvalue weighted by Crippen LogP contribution is 2.13. The Labute approximate surface area is 125 Å². The number of amides is 1. The monoisotopic (exact) mass is 286 g/mol. The SMILES string of the molecule is CCN(CC(C)C)C(=O)c1ccn(-c2cccc(N)c2)n1. The van der Waals surface area contributed by atoms with Gasteiger partial charge in [-0.3, -0.25) is 4.79 Å². The van der Waals surface area contributed by atoms with Gasteiger partial charge in [0, 0.05) is 25.0 Å². The number of nitrogen functional groups attached to an aromatic ring is 1. The molecule has 0 unspecified atom stereocenters. The number of nitrogens with zero attached hydrogens (tertiary/aromatic N) is 3. The van der Waals surface area contributed by atoms with Gasteiger partial charge < -0.3 is 10.6 Å². The minimum Gasteiger partial charge on any atom is -0.399 e. The summed E-state index contributed by atoms with van der Waals surface area (Å²) in [4.78, 5) is 14.3. The van der Waals surface area contributed by atoms with Gasteiger partial charge in [0.25, 0.3) is 5.91 Å². The van der Waals surface area contributed by atoms with E-state index in [1.807, 2.05) is 36.1 Å². The third-order valence-corrected chi connectivity index (χ3v) is 3.20. The molecule has 21 heavy (non-hydrogen) atoms. The van der Waals surface area contributed by atoms with Crippen LogP contribution in [0.2, 0.25) is 0 Å². The van der Waals surface area contributed by atoms with Crippen LogP contribution in [0.25, 0.3) is 5.69 Å². The Kier molecular flexibility index (Phi) is 4.62. The molecule has 2 rings (SSSR count). The normalized spacial score (nSPS) is 10.9. The van der Waals surface area contributed by atoms with Crippen LogP contribution in [-0.4, -0.2) is 33.7 Å². The molecule has 5 heteroatoms. The molecule has 2 aromatic rings. The molecule has 0 saturated carbocycles. The Morgan fingerprint density at radius 3 is 2.76 bits per heavy atom. The molecule has 0 spiro atoms. The average molecular weight is 286 g/mol. The fourth-order valence-electron chi connectivity index (χ4n) is 2.21. The quantitative estimate of drug-likeness (QED) is 0.859. The van der Waals surface area contributed by atoms with E-state index < -0.39 is 0 Å². The lowest BCUT2D eigenvalue weighted by atomic mass is 10.2. The predicted molar refractivity (Wildman–Crippen MR) is 84.4 cm³/mol. The molecule has 112 valence electrons. The van der Waals surface area contributed by atoms with Gasteiger partial charge in [0.2, 0.25) is 0 Å². The van der Waals surface area contributed by atoms with Crippen molar-refractivity contribution in [3.05, 3.63) is 42.2 Å². The first-order valence-electron chi connectivity index (χ1n) is 7.22. The summed E-state index contributed by atoms with van der Waals surface area (Å²) in [5, 5.41) is 4.37. The summed E-state index contributed by atoms with van der Waals surface area (Å²) < 4.78 is 1.67. The summed E-state index contributed by atoms with van der Waals surface area (Å²) >= 11 is 0. The summed E-state index contributed by atoms with van der Waals surface area (Å²) in [7, 11) is 0. The van der Waals surface area contributed by atoms with Crippen LogP contribution in [0.5, 0.6) is 0 Å². The van der Waals surface area contributed by atoms with E-state index in [2.05, 4.69) is 18.9 Å². The Balaban J connectivity index is 2.21. The third-order valence-electron chi connectivity index (χ3n) is 3.20. The Morgan fingerprint density at radius 2 is 2.14 bits per heavy atom. The number of aromatic nitrogens is 2. The molecule has 0 radical (unpaired) electrons. The van der Waals surface area contributed by atoms with E-state index in [0.29, 0.717) is 23.8 Å². The zero-order valence-corrected chi connectivity index (χ0v) is 12.8. The average Bonchev–Trinajstić information content (AvgIpc) is 2.93. The first-order chi connectivity index (χ1) is 10.0. The van der Waals surface area contributed by atoms with Gasteiger partial charge in [0.1, 0.15) is 0 Å². The van der Waals surface area contributed by atoms with E-state index in [9.17, 15) is 4.79 Å². The summed E-state index contributed by atoms with van der Waals surface area (Å²) in [5.74, 6) is 0.402.